The van der Waals surface area contributed by atoms with Crippen LogP contribution in [0.15, 0.2) is 6.07 Å². The van der Waals surface area contributed by atoms with Crippen molar-refractivity contribution in [3.8, 4) is 0 Å². The first-order valence-corrected chi connectivity index (χ1v) is 3.33. The molecule has 0 saturated heterocycles. The monoisotopic (exact) mass is 170 g/mol. The third-order valence-corrected chi connectivity index (χ3v) is 1.27. The zero-order valence-corrected chi connectivity index (χ0v) is 6.68. The van der Waals surface area contributed by atoms with Gasteiger partial charge in [-0.3, -0.25) is 5.41 Å². The van der Waals surface area contributed by atoms with Crippen molar-refractivity contribution in [3.63, 3.8) is 0 Å². The number of nitrogen functional groups attached to an aromatic ring is 1. The van der Waals surface area contributed by atoms with E-state index >= 15 is 0 Å². The number of nitrogens with one attached hydrogen (secondary N) is 1. The number of nitrogens with two attached hydrogens (primary N) is 1. The Balaban J connectivity index is 3.19. The van der Waals surface area contributed by atoms with E-state index in [-0.39, 0.29) is 11.1 Å². The molecule has 0 spiro atoms. The lowest BCUT2D eigenvalue weighted by Crippen LogP contribution is -2.13. The lowest BCUT2D eigenvalue weighted by atomic mass is 10.3. The summed E-state index contributed by atoms with van der Waals surface area (Å²) in [5.41, 5.74) is 6.25. The molecule has 1 aromatic rings. The van der Waals surface area contributed by atoms with Crippen molar-refractivity contribution >= 4 is 17.4 Å². The molecule has 1 heterocycles. The molecule has 3 N–H and O–H groups in total. The van der Waals surface area contributed by atoms with Crippen molar-refractivity contribution in [2.24, 2.45) is 5.73 Å². The zero-order valence-electron chi connectivity index (χ0n) is 5.93. The Kier molecular flexibility index (Phi) is 2.05. The van der Waals surface area contributed by atoms with Crippen LogP contribution in [0.5, 0.6) is 0 Å². The Labute approximate surface area is 68.9 Å². The van der Waals surface area contributed by atoms with Gasteiger partial charge in [0.15, 0.2) is 0 Å². The van der Waals surface area contributed by atoms with Gasteiger partial charge in [-0.2, -0.15) is 0 Å². The van der Waals surface area contributed by atoms with Crippen LogP contribution < -0.4 is 5.73 Å². The van der Waals surface area contributed by atoms with Crippen LogP contribution in [0.4, 0.5) is 0 Å². The van der Waals surface area contributed by atoms with Crippen LogP contribution in [0.25, 0.3) is 0 Å². The van der Waals surface area contributed by atoms with Crippen molar-refractivity contribution in [1.82, 2.24) is 9.97 Å². The SMILES string of the molecule is Cc1cc(C(=N)N)nc(Cl)n1. The lowest BCUT2D eigenvalue weighted by molar-refractivity contribution is 1.08. The number of rotatable bonds is 1. The number of hydrogen-bond acceptors (Lipinski definition) is 3. The van der Waals surface area contributed by atoms with Crippen LogP contribution in [-0.4, -0.2) is 15.8 Å². The molecule has 1 rings (SSSR count). The van der Waals surface area contributed by atoms with Gasteiger partial charge in [0.1, 0.15) is 11.5 Å². The summed E-state index contributed by atoms with van der Waals surface area (Å²) in [6.45, 7) is 1.76. The molecule has 58 valence electrons. The van der Waals surface area contributed by atoms with Gasteiger partial charge in [-0.1, -0.05) is 0 Å². The van der Waals surface area contributed by atoms with Crippen molar-refractivity contribution < 1.29 is 0 Å². The summed E-state index contributed by atoms with van der Waals surface area (Å²) >= 11 is 5.52. The molecule has 11 heavy (non-hydrogen) atoms. The van der Waals surface area contributed by atoms with Crippen LogP contribution in [0.1, 0.15) is 11.4 Å². The number of aryl methyl sites for hydroxylation is 1. The summed E-state index contributed by atoms with van der Waals surface area (Å²) in [7, 11) is 0. The summed E-state index contributed by atoms with van der Waals surface area (Å²) < 4.78 is 0. The fraction of sp³-hybridized carbons (Fsp3) is 0.167. The first-order chi connectivity index (χ1) is 5.09. The molecule has 1 aromatic heterocycles. The number of halogens is 1. The minimum absolute atomic E-state index is 0.0996. The first kappa shape index (κ1) is 7.94. The largest absolute Gasteiger partial charge is 0.382 e. The number of amidine groups is 1. The standard InChI is InChI=1S/C6H7ClN4/c1-3-2-4(5(8)9)11-6(7)10-3/h2H,1H3,(H3,8,9). The molecular weight excluding hydrogens is 164 g/mol. The van der Waals surface area contributed by atoms with E-state index < -0.39 is 0 Å². The molecule has 0 radical (unpaired) electrons. The Morgan fingerprint density at radius 1 is 1.64 bits per heavy atom. The van der Waals surface area contributed by atoms with E-state index in [1.54, 1.807) is 13.0 Å². The molecule has 0 aromatic carbocycles. The zero-order chi connectivity index (χ0) is 8.43. The molecule has 0 bridgehead atoms. The highest BCUT2D eigenvalue weighted by molar-refractivity contribution is 6.28. The molecule has 0 aliphatic carbocycles. The molecular formula is C6H7ClN4. The summed E-state index contributed by atoms with van der Waals surface area (Å²) in [5.74, 6) is -0.0996. The smallest absolute Gasteiger partial charge is 0.223 e. The average Bonchev–Trinajstić information content (AvgIpc) is 1.85. The van der Waals surface area contributed by atoms with E-state index in [2.05, 4.69) is 9.97 Å². The molecule has 0 amide bonds. The maximum atomic E-state index is 7.06. The predicted octanol–water partition coefficient (Wildman–Crippen LogP) is 0.722. The quantitative estimate of drug-likeness (QED) is 0.371. The van der Waals surface area contributed by atoms with Crippen molar-refractivity contribution in [3.05, 3.63) is 22.7 Å². The fourth-order valence-corrected chi connectivity index (χ4v) is 0.895. The average molecular weight is 171 g/mol. The highest BCUT2D eigenvalue weighted by Gasteiger charge is 2.01. The summed E-state index contributed by atoms with van der Waals surface area (Å²) in [4.78, 5) is 7.56. The van der Waals surface area contributed by atoms with E-state index in [9.17, 15) is 0 Å². The minimum atomic E-state index is -0.0996. The van der Waals surface area contributed by atoms with E-state index in [0.29, 0.717) is 11.4 Å². The van der Waals surface area contributed by atoms with Gasteiger partial charge in [0.2, 0.25) is 5.28 Å². The molecule has 4 nitrogen and oxygen atoms in total. The second-order valence-electron chi connectivity index (χ2n) is 2.08. The molecule has 0 aliphatic heterocycles. The van der Waals surface area contributed by atoms with Crippen LogP contribution in [-0.2, 0) is 0 Å². The van der Waals surface area contributed by atoms with Crippen LogP contribution in [0.3, 0.4) is 0 Å². The van der Waals surface area contributed by atoms with Gasteiger partial charge in [0.25, 0.3) is 0 Å². The van der Waals surface area contributed by atoms with Gasteiger partial charge in [-0.15, -0.1) is 0 Å². The molecule has 0 unspecified atom stereocenters. The highest BCUT2D eigenvalue weighted by atomic mass is 35.5. The van der Waals surface area contributed by atoms with Gasteiger partial charge in [0, 0.05) is 5.69 Å². The van der Waals surface area contributed by atoms with Crippen LogP contribution >= 0.6 is 11.6 Å². The Bertz CT molecular complexity index is 276. The molecule has 0 aliphatic rings. The maximum absolute atomic E-state index is 7.06. The lowest BCUT2D eigenvalue weighted by Gasteiger charge is -1.98. The Morgan fingerprint density at radius 3 is 2.73 bits per heavy atom. The Hall–Kier alpha value is -1.16. The molecule has 5 heteroatoms. The summed E-state index contributed by atoms with van der Waals surface area (Å²) in [6.07, 6.45) is 0. The van der Waals surface area contributed by atoms with E-state index in [1.165, 1.54) is 0 Å². The Morgan fingerprint density at radius 2 is 2.27 bits per heavy atom. The van der Waals surface area contributed by atoms with Gasteiger partial charge in [-0.05, 0) is 24.6 Å². The van der Waals surface area contributed by atoms with Crippen molar-refractivity contribution in [2.75, 3.05) is 0 Å². The first-order valence-electron chi connectivity index (χ1n) is 2.95. The topological polar surface area (TPSA) is 75.7 Å². The minimum Gasteiger partial charge on any atom is -0.382 e. The summed E-state index contributed by atoms with van der Waals surface area (Å²) in [5, 5.41) is 7.18. The second-order valence-corrected chi connectivity index (χ2v) is 2.42. The third kappa shape index (κ3) is 1.88. The third-order valence-electron chi connectivity index (χ3n) is 1.10. The highest BCUT2D eigenvalue weighted by Crippen LogP contribution is 2.03. The molecule has 0 fully saturated rings. The number of nitrogens with zero attached hydrogens (tertiary/aromatic N) is 2. The van der Waals surface area contributed by atoms with Gasteiger partial charge in [-0.25, -0.2) is 9.97 Å². The molecule has 0 saturated carbocycles. The maximum Gasteiger partial charge on any atom is 0.223 e. The molecule has 0 atom stereocenters. The van der Waals surface area contributed by atoms with Crippen LogP contribution in [0.2, 0.25) is 5.28 Å². The van der Waals surface area contributed by atoms with Crippen LogP contribution in [0, 0.1) is 12.3 Å². The van der Waals surface area contributed by atoms with E-state index in [0.717, 1.165) is 0 Å². The second kappa shape index (κ2) is 2.84. The summed E-state index contributed by atoms with van der Waals surface area (Å²) in [6, 6.07) is 1.61. The van der Waals surface area contributed by atoms with E-state index in [1.807, 2.05) is 0 Å². The van der Waals surface area contributed by atoms with Gasteiger partial charge < -0.3 is 5.73 Å². The van der Waals surface area contributed by atoms with Crippen molar-refractivity contribution in [1.29, 1.82) is 5.41 Å². The van der Waals surface area contributed by atoms with E-state index in [4.69, 9.17) is 22.7 Å². The van der Waals surface area contributed by atoms with Crippen molar-refractivity contribution in [2.45, 2.75) is 6.92 Å². The number of aromatic nitrogens is 2. The fourth-order valence-electron chi connectivity index (χ4n) is 0.670. The predicted molar refractivity (Wildman–Crippen MR) is 42.8 cm³/mol. The normalized spacial score (nSPS) is 9.64. The van der Waals surface area contributed by atoms with Gasteiger partial charge >= 0.3 is 0 Å². The van der Waals surface area contributed by atoms with Gasteiger partial charge in [0.05, 0.1) is 0 Å². The number of hydrogen-bond donors (Lipinski definition) is 2.